The quantitative estimate of drug-likeness (QED) is 0.735. The molecule has 0 aliphatic carbocycles. The molecule has 0 spiro atoms. The molecule has 144 valence electrons. The summed E-state index contributed by atoms with van der Waals surface area (Å²) in [6.45, 7) is 0.594. The van der Waals surface area contributed by atoms with Gasteiger partial charge in [-0.2, -0.15) is 0 Å². The van der Waals surface area contributed by atoms with E-state index in [1.807, 2.05) is 36.4 Å². The zero-order valence-electron chi connectivity index (χ0n) is 15.2. The van der Waals surface area contributed by atoms with E-state index in [0.717, 1.165) is 6.42 Å². The summed E-state index contributed by atoms with van der Waals surface area (Å²) in [6, 6.07) is 20.7. The second-order valence-corrected chi connectivity index (χ2v) is 10.4. The maximum absolute atomic E-state index is 12.1. The third-order valence-electron chi connectivity index (χ3n) is 4.80. The highest BCUT2D eigenvalue weighted by Gasteiger charge is 2.28. The zero-order chi connectivity index (χ0) is 19.1. The van der Waals surface area contributed by atoms with Crippen molar-refractivity contribution in [3.63, 3.8) is 0 Å². The number of nitrogens with one attached hydrogen (secondary N) is 1. The fourth-order valence-corrected chi connectivity index (χ4v) is 6.86. The van der Waals surface area contributed by atoms with Crippen molar-refractivity contribution >= 4 is 27.5 Å². The third kappa shape index (κ3) is 6.11. The van der Waals surface area contributed by atoms with Crippen LogP contribution in [0.1, 0.15) is 29.9 Å². The number of benzene rings is 2. The van der Waals surface area contributed by atoms with Crippen molar-refractivity contribution in [1.82, 2.24) is 5.32 Å². The van der Waals surface area contributed by atoms with Gasteiger partial charge in [-0.1, -0.05) is 60.7 Å². The molecule has 2 aromatic rings. The fraction of sp³-hybridized carbons (Fsp3) is 0.381. The van der Waals surface area contributed by atoms with Gasteiger partial charge in [-0.15, -0.1) is 11.8 Å². The molecule has 1 atom stereocenters. The summed E-state index contributed by atoms with van der Waals surface area (Å²) in [5, 5.41) is 3.05. The lowest BCUT2D eigenvalue weighted by Gasteiger charge is -2.18. The number of carbonyl (C=O) groups is 1. The minimum atomic E-state index is -2.89. The predicted molar refractivity (Wildman–Crippen MR) is 112 cm³/mol. The number of hydrogen-bond acceptors (Lipinski definition) is 4. The number of amides is 1. The lowest BCUT2D eigenvalue weighted by molar-refractivity contribution is -0.118. The fourth-order valence-electron chi connectivity index (χ4n) is 3.39. The molecule has 0 radical (unpaired) electrons. The monoisotopic (exact) mass is 403 g/mol. The van der Waals surface area contributed by atoms with Gasteiger partial charge in [0.05, 0.1) is 17.3 Å². The van der Waals surface area contributed by atoms with Crippen LogP contribution in [0.5, 0.6) is 0 Å². The Hall–Kier alpha value is -1.79. The molecule has 1 unspecified atom stereocenters. The summed E-state index contributed by atoms with van der Waals surface area (Å²) >= 11 is 1.45. The zero-order valence-corrected chi connectivity index (χ0v) is 16.8. The van der Waals surface area contributed by atoms with E-state index in [9.17, 15) is 13.2 Å². The minimum Gasteiger partial charge on any atom is -0.355 e. The number of thioether (sulfide) groups is 1. The molecule has 0 aromatic heterocycles. The van der Waals surface area contributed by atoms with E-state index in [1.165, 1.54) is 22.9 Å². The first kappa shape index (κ1) is 20.0. The number of rotatable bonds is 8. The van der Waals surface area contributed by atoms with Crippen molar-refractivity contribution < 1.29 is 13.2 Å². The van der Waals surface area contributed by atoms with Gasteiger partial charge < -0.3 is 5.32 Å². The van der Waals surface area contributed by atoms with E-state index in [2.05, 4.69) is 29.6 Å². The molecule has 1 fully saturated rings. The van der Waals surface area contributed by atoms with E-state index in [1.54, 1.807) is 0 Å². The number of hydrogen-bond donors (Lipinski definition) is 1. The Morgan fingerprint density at radius 3 is 2.15 bits per heavy atom. The molecule has 0 saturated carbocycles. The van der Waals surface area contributed by atoms with Crippen LogP contribution < -0.4 is 5.32 Å². The Kier molecular flexibility index (Phi) is 6.96. The van der Waals surface area contributed by atoms with E-state index in [0.29, 0.717) is 18.7 Å². The molecule has 3 rings (SSSR count). The van der Waals surface area contributed by atoms with Crippen LogP contribution >= 0.6 is 11.8 Å². The normalized spacial score (nSPS) is 18.5. The van der Waals surface area contributed by atoms with Crippen molar-refractivity contribution in [3.05, 3.63) is 71.8 Å². The summed E-state index contributed by atoms with van der Waals surface area (Å²) in [4.78, 5) is 12.1. The second-order valence-electron chi connectivity index (χ2n) is 6.85. The average molecular weight is 404 g/mol. The van der Waals surface area contributed by atoms with Crippen molar-refractivity contribution in [3.8, 4) is 0 Å². The van der Waals surface area contributed by atoms with Gasteiger partial charge in [-0.25, -0.2) is 8.42 Å². The highest BCUT2D eigenvalue weighted by Crippen LogP contribution is 2.27. The molecule has 27 heavy (non-hydrogen) atoms. The molecular formula is C21H25NO3S2. The molecule has 4 nitrogen and oxygen atoms in total. The van der Waals surface area contributed by atoms with Gasteiger partial charge in [0.15, 0.2) is 9.84 Å². The van der Waals surface area contributed by atoms with Gasteiger partial charge in [0.1, 0.15) is 0 Å². The Balaban J connectivity index is 1.50. The first-order valence-electron chi connectivity index (χ1n) is 9.22. The van der Waals surface area contributed by atoms with Crippen LogP contribution in [-0.4, -0.2) is 43.4 Å². The average Bonchev–Trinajstić information content (AvgIpc) is 3.04. The van der Waals surface area contributed by atoms with Crippen LogP contribution in [0.4, 0.5) is 0 Å². The Morgan fingerprint density at radius 2 is 1.63 bits per heavy atom. The minimum absolute atomic E-state index is 0.0239. The highest BCUT2D eigenvalue weighted by atomic mass is 32.2. The van der Waals surface area contributed by atoms with Gasteiger partial charge in [-0.05, 0) is 24.0 Å². The molecule has 0 bridgehead atoms. The number of sulfone groups is 1. The Bertz CT molecular complexity index is 799. The van der Waals surface area contributed by atoms with Gasteiger partial charge in [0.2, 0.25) is 5.91 Å². The lowest BCUT2D eigenvalue weighted by atomic mass is 9.88. The van der Waals surface area contributed by atoms with Crippen LogP contribution in [0.3, 0.4) is 0 Å². The lowest BCUT2D eigenvalue weighted by Crippen LogP contribution is -2.28. The van der Waals surface area contributed by atoms with E-state index < -0.39 is 9.84 Å². The molecule has 1 aliphatic heterocycles. The molecular weight excluding hydrogens is 378 g/mol. The molecule has 6 heteroatoms. The summed E-state index contributed by atoms with van der Waals surface area (Å²) in [7, 11) is -2.89. The van der Waals surface area contributed by atoms with Crippen LogP contribution in [0.15, 0.2) is 60.7 Å². The molecule has 1 amide bonds. The standard InChI is InChI=1S/C21H25NO3S2/c23-21(15-26-19-12-14-27(24,25)16-19)22-13-11-20(17-7-3-1-4-8-17)18-9-5-2-6-10-18/h1-10,19-20H,11-16H2,(H,22,23). The third-order valence-corrected chi connectivity index (χ3v) is 8.08. The van der Waals surface area contributed by atoms with Gasteiger partial charge in [0, 0.05) is 17.7 Å². The first-order chi connectivity index (χ1) is 13.0. The second kappa shape index (κ2) is 9.42. The van der Waals surface area contributed by atoms with Gasteiger partial charge >= 0.3 is 0 Å². The topological polar surface area (TPSA) is 63.2 Å². The SMILES string of the molecule is O=C(CSC1CCS(=O)(=O)C1)NCCC(c1ccccc1)c1ccccc1. The number of carbonyl (C=O) groups excluding carboxylic acids is 1. The van der Waals surface area contributed by atoms with Gasteiger partial charge in [-0.3, -0.25) is 4.79 Å². The van der Waals surface area contributed by atoms with Crippen LogP contribution in [0.2, 0.25) is 0 Å². The Labute approximate surface area is 165 Å². The van der Waals surface area contributed by atoms with Gasteiger partial charge in [0.25, 0.3) is 0 Å². The van der Waals surface area contributed by atoms with E-state index >= 15 is 0 Å². The summed E-state index contributed by atoms with van der Waals surface area (Å²) in [6.07, 6.45) is 1.48. The van der Waals surface area contributed by atoms with Crippen molar-refractivity contribution in [2.24, 2.45) is 0 Å². The van der Waals surface area contributed by atoms with Crippen molar-refractivity contribution in [2.45, 2.75) is 24.0 Å². The van der Waals surface area contributed by atoms with Crippen LogP contribution in [-0.2, 0) is 14.6 Å². The van der Waals surface area contributed by atoms with Crippen LogP contribution in [0.25, 0.3) is 0 Å². The smallest absolute Gasteiger partial charge is 0.230 e. The summed E-state index contributed by atoms with van der Waals surface area (Å²) < 4.78 is 23.0. The Morgan fingerprint density at radius 1 is 1.04 bits per heavy atom. The molecule has 1 aliphatic rings. The molecule has 1 N–H and O–H groups in total. The summed E-state index contributed by atoms with van der Waals surface area (Å²) in [5.74, 6) is 0.989. The van der Waals surface area contributed by atoms with E-state index in [-0.39, 0.29) is 28.6 Å². The van der Waals surface area contributed by atoms with E-state index in [4.69, 9.17) is 0 Å². The highest BCUT2D eigenvalue weighted by molar-refractivity contribution is 8.02. The maximum atomic E-state index is 12.1. The largest absolute Gasteiger partial charge is 0.355 e. The van der Waals surface area contributed by atoms with Crippen LogP contribution in [0, 0.1) is 0 Å². The predicted octanol–water partition coefficient (Wildman–Crippen LogP) is 3.25. The first-order valence-corrected chi connectivity index (χ1v) is 12.1. The summed E-state index contributed by atoms with van der Waals surface area (Å²) in [5.41, 5.74) is 2.48. The molecule has 1 saturated heterocycles. The molecule has 2 aromatic carbocycles. The van der Waals surface area contributed by atoms with Crippen molar-refractivity contribution in [2.75, 3.05) is 23.8 Å². The molecule has 1 heterocycles. The van der Waals surface area contributed by atoms with Crippen molar-refractivity contribution in [1.29, 1.82) is 0 Å². The maximum Gasteiger partial charge on any atom is 0.230 e.